The summed E-state index contributed by atoms with van der Waals surface area (Å²) in [5, 5.41) is 6.48. The molecule has 0 saturated carbocycles. The number of hydrogen-bond acceptors (Lipinski definition) is 5. The van der Waals surface area contributed by atoms with Crippen molar-refractivity contribution in [2.24, 2.45) is 0 Å². The molecule has 1 aromatic heterocycles. The molecule has 0 saturated heterocycles. The fourth-order valence-corrected chi connectivity index (χ4v) is 4.34. The highest BCUT2D eigenvalue weighted by Gasteiger charge is 2.16. The minimum atomic E-state index is -0.159. The Bertz CT molecular complexity index is 1330. The highest BCUT2D eigenvalue weighted by molar-refractivity contribution is 7.99. The molecule has 4 aromatic rings. The standard InChI is InChI=1S/C26H26N4O3S/c1-17-8-9-18(2)22(14-17)28-24(31)15-30-23-7-5-4-6-21(23)29-26(30)34-16-25(32)27-19-10-12-20(33-3)13-11-19/h4-14H,15-16H2,1-3H3,(H,27,32)(H,28,31). The molecule has 0 atom stereocenters. The van der Waals surface area contributed by atoms with E-state index in [2.05, 4.69) is 15.6 Å². The molecule has 34 heavy (non-hydrogen) atoms. The first-order valence-electron chi connectivity index (χ1n) is 10.8. The molecule has 2 amide bonds. The normalized spacial score (nSPS) is 10.8. The zero-order valence-corrected chi connectivity index (χ0v) is 20.1. The molecule has 0 spiro atoms. The number of aryl methyl sites for hydroxylation is 2. The van der Waals surface area contributed by atoms with Gasteiger partial charge in [-0.3, -0.25) is 9.59 Å². The molecule has 0 bridgehead atoms. The Morgan fingerprint density at radius 3 is 2.50 bits per heavy atom. The highest BCUT2D eigenvalue weighted by Crippen LogP contribution is 2.25. The van der Waals surface area contributed by atoms with Gasteiger partial charge in [-0.05, 0) is 67.4 Å². The third-order valence-corrected chi connectivity index (χ3v) is 6.27. The van der Waals surface area contributed by atoms with Crippen LogP contribution in [0.5, 0.6) is 5.75 Å². The molecule has 0 unspecified atom stereocenters. The molecule has 2 N–H and O–H groups in total. The van der Waals surface area contributed by atoms with Crippen LogP contribution in [-0.4, -0.2) is 34.2 Å². The first kappa shape index (κ1) is 23.4. The lowest BCUT2D eigenvalue weighted by molar-refractivity contribution is -0.117. The Morgan fingerprint density at radius 1 is 0.971 bits per heavy atom. The van der Waals surface area contributed by atoms with Crippen molar-refractivity contribution >= 4 is 46.0 Å². The lowest BCUT2D eigenvalue weighted by Gasteiger charge is -2.12. The van der Waals surface area contributed by atoms with E-state index in [0.29, 0.717) is 10.8 Å². The number of para-hydroxylation sites is 2. The first-order chi connectivity index (χ1) is 16.4. The number of imidazole rings is 1. The van der Waals surface area contributed by atoms with Crippen molar-refractivity contribution in [3.63, 3.8) is 0 Å². The Balaban J connectivity index is 1.47. The topological polar surface area (TPSA) is 85.2 Å². The summed E-state index contributed by atoms with van der Waals surface area (Å²) in [5.41, 5.74) is 5.18. The minimum absolute atomic E-state index is 0.0936. The number of aromatic nitrogens is 2. The quantitative estimate of drug-likeness (QED) is 0.350. The summed E-state index contributed by atoms with van der Waals surface area (Å²) in [6.45, 7) is 4.05. The van der Waals surface area contributed by atoms with Gasteiger partial charge in [0.2, 0.25) is 11.8 Å². The van der Waals surface area contributed by atoms with Gasteiger partial charge in [0.05, 0.1) is 23.9 Å². The molecule has 3 aromatic carbocycles. The van der Waals surface area contributed by atoms with E-state index in [1.807, 2.05) is 60.9 Å². The molecule has 0 aliphatic rings. The van der Waals surface area contributed by atoms with Crippen molar-refractivity contribution in [1.82, 2.24) is 9.55 Å². The Labute approximate surface area is 202 Å². The SMILES string of the molecule is COc1ccc(NC(=O)CSc2nc3ccccc3n2CC(=O)Nc2cc(C)ccc2C)cc1. The van der Waals surface area contributed by atoms with Gasteiger partial charge in [0.1, 0.15) is 12.3 Å². The first-order valence-corrected chi connectivity index (χ1v) is 11.8. The van der Waals surface area contributed by atoms with Crippen LogP contribution in [0.25, 0.3) is 11.0 Å². The maximum atomic E-state index is 12.9. The number of nitrogens with one attached hydrogen (secondary N) is 2. The number of amides is 2. The monoisotopic (exact) mass is 474 g/mol. The number of nitrogens with zero attached hydrogens (tertiary/aromatic N) is 2. The van der Waals surface area contributed by atoms with Gasteiger partial charge in [-0.1, -0.05) is 36.0 Å². The molecule has 7 nitrogen and oxygen atoms in total. The molecule has 8 heteroatoms. The molecular weight excluding hydrogens is 448 g/mol. The summed E-state index contributed by atoms with van der Waals surface area (Å²) >= 11 is 1.30. The lowest BCUT2D eigenvalue weighted by atomic mass is 10.1. The number of ether oxygens (including phenoxy) is 1. The van der Waals surface area contributed by atoms with E-state index in [1.54, 1.807) is 31.4 Å². The average molecular weight is 475 g/mol. The van der Waals surface area contributed by atoms with Gasteiger partial charge in [0.15, 0.2) is 5.16 Å². The van der Waals surface area contributed by atoms with Crippen LogP contribution in [-0.2, 0) is 16.1 Å². The third kappa shape index (κ3) is 5.58. The zero-order chi connectivity index (χ0) is 24.1. The highest BCUT2D eigenvalue weighted by atomic mass is 32.2. The second kappa shape index (κ2) is 10.4. The van der Waals surface area contributed by atoms with Gasteiger partial charge in [-0.15, -0.1) is 0 Å². The number of anilines is 2. The number of thioether (sulfide) groups is 1. The van der Waals surface area contributed by atoms with Crippen molar-refractivity contribution in [2.45, 2.75) is 25.5 Å². The molecule has 0 fully saturated rings. The van der Waals surface area contributed by atoms with Crippen LogP contribution in [0, 0.1) is 13.8 Å². The number of fused-ring (bicyclic) bond motifs is 1. The van der Waals surface area contributed by atoms with Gasteiger partial charge in [0, 0.05) is 11.4 Å². The fraction of sp³-hybridized carbons (Fsp3) is 0.192. The van der Waals surface area contributed by atoms with E-state index in [1.165, 1.54) is 11.8 Å². The molecule has 0 aliphatic heterocycles. The second-order valence-electron chi connectivity index (χ2n) is 7.90. The van der Waals surface area contributed by atoms with Crippen molar-refractivity contribution in [3.05, 3.63) is 77.9 Å². The van der Waals surface area contributed by atoms with E-state index in [0.717, 1.165) is 33.6 Å². The van der Waals surface area contributed by atoms with Crippen molar-refractivity contribution < 1.29 is 14.3 Å². The lowest BCUT2D eigenvalue weighted by Crippen LogP contribution is -2.20. The van der Waals surface area contributed by atoms with Crippen LogP contribution in [0.3, 0.4) is 0 Å². The molecule has 0 radical (unpaired) electrons. The molecule has 0 aliphatic carbocycles. The van der Waals surface area contributed by atoms with Crippen LogP contribution >= 0.6 is 11.8 Å². The van der Waals surface area contributed by atoms with E-state index in [9.17, 15) is 9.59 Å². The van der Waals surface area contributed by atoms with Crippen LogP contribution in [0.1, 0.15) is 11.1 Å². The van der Waals surface area contributed by atoms with Crippen LogP contribution in [0.15, 0.2) is 71.9 Å². The smallest absolute Gasteiger partial charge is 0.244 e. The van der Waals surface area contributed by atoms with Gasteiger partial charge < -0.3 is 19.9 Å². The van der Waals surface area contributed by atoms with Gasteiger partial charge in [-0.25, -0.2) is 4.98 Å². The average Bonchev–Trinajstić information content (AvgIpc) is 3.18. The largest absolute Gasteiger partial charge is 0.497 e. The summed E-state index contributed by atoms with van der Waals surface area (Å²) in [4.78, 5) is 30.1. The number of rotatable bonds is 8. The fourth-order valence-electron chi connectivity index (χ4n) is 3.52. The molecular formula is C26H26N4O3S. The van der Waals surface area contributed by atoms with Crippen LogP contribution < -0.4 is 15.4 Å². The number of hydrogen-bond donors (Lipinski definition) is 2. The predicted molar refractivity (Wildman–Crippen MR) is 137 cm³/mol. The number of methoxy groups -OCH3 is 1. The molecule has 1 heterocycles. The van der Waals surface area contributed by atoms with Gasteiger partial charge >= 0.3 is 0 Å². The molecule has 4 rings (SSSR count). The zero-order valence-electron chi connectivity index (χ0n) is 19.3. The van der Waals surface area contributed by atoms with Gasteiger partial charge in [-0.2, -0.15) is 0 Å². The van der Waals surface area contributed by atoms with E-state index in [4.69, 9.17) is 4.74 Å². The summed E-state index contributed by atoms with van der Waals surface area (Å²) < 4.78 is 6.99. The summed E-state index contributed by atoms with van der Waals surface area (Å²) in [6, 6.07) is 20.7. The predicted octanol–water partition coefficient (Wildman–Crippen LogP) is 5.03. The Morgan fingerprint density at radius 2 is 1.74 bits per heavy atom. The van der Waals surface area contributed by atoms with Crippen molar-refractivity contribution in [2.75, 3.05) is 23.5 Å². The van der Waals surface area contributed by atoms with Crippen molar-refractivity contribution in [3.8, 4) is 5.75 Å². The van der Waals surface area contributed by atoms with Crippen LogP contribution in [0.4, 0.5) is 11.4 Å². The third-order valence-electron chi connectivity index (χ3n) is 5.29. The minimum Gasteiger partial charge on any atom is -0.497 e. The number of carbonyl (C=O) groups excluding carboxylic acids is 2. The Hall–Kier alpha value is -3.78. The number of benzene rings is 3. The maximum absolute atomic E-state index is 12.9. The summed E-state index contributed by atoms with van der Waals surface area (Å²) in [5.74, 6) is 0.573. The van der Waals surface area contributed by atoms with Crippen LogP contribution in [0.2, 0.25) is 0 Å². The van der Waals surface area contributed by atoms with E-state index < -0.39 is 0 Å². The molecule has 174 valence electrons. The van der Waals surface area contributed by atoms with Gasteiger partial charge in [0.25, 0.3) is 0 Å². The number of carbonyl (C=O) groups is 2. The summed E-state index contributed by atoms with van der Waals surface area (Å²) in [6.07, 6.45) is 0. The maximum Gasteiger partial charge on any atom is 0.244 e. The second-order valence-corrected chi connectivity index (χ2v) is 8.84. The summed E-state index contributed by atoms with van der Waals surface area (Å²) in [7, 11) is 1.60. The van der Waals surface area contributed by atoms with Crippen molar-refractivity contribution in [1.29, 1.82) is 0 Å². The Kier molecular flexibility index (Phi) is 7.18. The van der Waals surface area contributed by atoms with E-state index in [-0.39, 0.29) is 24.1 Å². The van der Waals surface area contributed by atoms with E-state index >= 15 is 0 Å².